The highest BCUT2D eigenvalue weighted by Gasteiger charge is 2.26. The van der Waals surface area contributed by atoms with E-state index in [9.17, 15) is 34.9 Å². The van der Waals surface area contributed by atoms with Gasteiger partial charge < -0.3 is 30.0 Å². The summed E-state index contributed by atoms with van der Waals surface area (Å²) in [6.07, 6.45) is 0. The van der Waals surface area contributed by atoms with Crippen LogP contribution in [-0.2, 0) is 9.59 Å². The van der Waals surface area contributed by atoms with Crippen molar-refractivity contribution in [2.45, 2.75) is 0 Å². The van der Waals surface area contributed by atoms with Gasteiger partial charge in [-0.25, -0.2) is 0 Å². The molecule has 0 unspecified atom stereocenters. The first-order valence-electron chi connectivity index (χ1n) is 8.21. The maximum atomic E-state index is 12.3. The lowest BCUT2D eigenvalue weighted by atomic mass is 10.2. The third-order valence-electron chi connectivity index (χ3n) is 3.90. The molecule has 0 saturated heterocycles. The summed E-state index contributed by atoms with van der Waals surface area (Å²) in [7, 11) is 3.70. The van der Waals surface area contributed by atoms with Crippen LogP contribution in [0, 0.1) is 20.2 Å². The van der Waals surface area contributed by atoms with Gasteiger partial charge in [0.25, 0.3) is 11.4 Å². The quantitative estimate of drug-likeness (QED) is 0.249. The number of aromatic hydroxyl groups is 1. The second kappa shape index (κ2) is 9.25. The number of ether oxygens (including phenoxy) is 3. The fourth-order valence-corrected chi connectivity index (χ4v) is 2.45. The summed E-state index contributed by atoms with van der Waals surface area (Å²) in [5, 5.41) is 36.2. The molecule has 0 saturated carbocycles. The van der Waals surface area contributed by atoms with E-state index in [-0.39, 0.29) is 22.9 Å². The van der Waals surface area contributed by atoms with Crippen molar-refractivity contribution in [2.24, 2.45) is 0 Å². The second-order valence-electron chi connectivity index (χ2n) is 5.69. The van der Waals surface area contributed by atoms with Gasteiger partial charge in [0.15, 0.2) is 23.0 Å². The summed E-state index contributed by atoms with van der Waals surface area (Å²) in [5.41, 5.74) is -2.12. The highest BCUT2D eigenvalue weighted by molar-refractivity contribution is 6.44. The molecule has 3 N–H and O–H groups in total. The average Bonchev–Trinajstić information content (AvgIpc) is 2.73. The van der Waals surface area contributed by atoms with Crippen LogP contribution in [0.3, 0.4) is 0 Å². The smallest absolute Gasteiger partial charge is 0.314 e. The van der Waals surface area contributed by atoms with Gasteiger partial charge in [-0.1, -0.05) is 0 Å². The zero-order valence-electron chi connectivity index (χ0n) is 16.3. The van der Waals surface area contributed by atoms with Gasteiger partial charge in [0, 0.05) is 12.1 Å². The largest absolute Gasteiger partial charge is 0.504 e. The molecule has 0 fully saturated rings. The number of phenols is 1. The number of hydrogen-bond donors (Lipinski definition) is 3. The standard InChI is InChI=1S/C17H16N4O10/c1-29-13-4-8(10(20(25)26)6-12(13)22)18-16(23)17(24)19-9-5-14(30-2)15(31-3)7-11(9)21(27)28/h4-7,22H,1-3H3,(H,18,23)(H,19,24). The Labute approximate surface area is 173 Å². The summed E-state index contributed by atoms with van der Waals surface area (Å²) < 4.78 is 14.8. The third-order valence-corrected chi connectivity index (χ3v) is 3.90. The summed E-state index contributed by atoms with van der Waals surface area (Å²) >= 11 is 0. The fraction of sp³-hybridized carbons (Fsp3) is 0.176. The van der Waals surface area contributed by atoms with Crippen LogP contribution in [0.1, 0.15) is 0 Å². The number of nitro benzene ring substituents is 2. The Morgan fingerprint density at radius 1 is 0.774 bits per heavy atom. The third kappa shape index (κ3) is 4.87. The molecule has 31 heavy (non-hydrogen) atoms. The van der Waals surface area contributed by atoms with Crippen LogP contribution in [0.2, 0.25) is 0 Å². The zero-order chi connectivity index (χ0) is 23.3. The number of nitrogens with one attached hydrogen (secondary N) is 2. The van der Waals surface area contributed by atoms with Crippen LogP contribution < -0.4 is 24.8 Å². The van der Waals surface area contributed by atoms with E-state index in [1.807, 2.05) is 10.6 Å². The molecular weight excluding hydrogens is 420 g/mol. The predicted molar refractivity (Wildman–Crippen MR) is 105 cm³/mol. The van der Waals surface area contributed by atoms with Gasteiger partial charge in [-0.3, -0.25) is 29.8 Å². The molecule has 164 valence electrons. The van der Waals surface area contributed by atoms with Crippen molar-refractivity contribution in [3.63, 3.8) is 0 Å². The molecule has 2 aromatic carbocycles. The lowest BCUT2D eigenvalue weighted by Gasteiger charge is -2.12. The lowest BCUT2D eigenvalue weighted by Crippen LogP contribution is -2.29. The van der Waals surface area contributed by atoms with Gasteiger partial charge in [-0.15, -0.1) is 0 Å². The Kier molecular flexibility index (Phi) is 6.76. The van der Waals surface area contributed by atoms with Gasteiger partial charge >= 0.3 is 11.8 Å². The molecule has 2 aromatic rings. The van der Waals surface area contributed by atoms with Crippen molar-refractivity contribution in [3.8, 4) is 23.0 Å². The normalized spacial score (nSPS) is 10.0. The number of amides is 2. The summed E-state index contributed by atoms with van der Waals surface area (Å²) in [4.78, 5) is 45.3. The first-order valence-corrected chi connectivity index (χ1v) is 8.21. The molecule has 2 rings (SSSR count). The number of nitrogens with zero attached hydrogens (tertiary/aromatic N) is 2. The highest BCUT2D eigenvalue weighted by Crippen LogP contribution is 2.38. The Morgan fingerprint density at radius 2 is 1.16 bits per heavy atom. The molecule has 0 aliphatic rings. The van der Waals surface area contributed by atoms with E-state index in [1.54, 1.807) is 0 Å². The summed E-state index contributed by atoms with van der Waals surface area (Å²) in [6.45, 7) is 0. The second-order valence-corrected chi connectivity index (χ2v) is 5.69. The van der Waals surface area contributed by atoms with Crippen molar-refractivity contribution < 1.29 is 38.8 Å². The van der Waals surface area contributed by atoms with E-state index in [4.69, 9.17) is 14.2 Å². The molecular formula is C17H16N4O10. The molecule has 14 heteroatoms. The van der Waals surface area contributed by atoms with Crippen LogP contribution in [0.25, 0.3) is 0 Å². The molecule has 0 heterocycles. The van der Waals surface area contributed by atoms with E-state index < -0.39 is 44.5 Å². The Bertz CT molecular complexity index is 1070. The minimum absolute atomic E-state index is 0.0171. The van der Waals surface area contributed by atoms with Crippen LogP contribution in [0.4, 0.5) is 22.7 Å². The minimum Gasteiger partial charge on any atom is -0.504 e. The maximum absolute atomic E-state index is 12.3. The Hall–Kier alpha value is -4.62. The van der Waals surface area contributed by atoms with Gasteiger partial charge in [-0.2, -0.15) is 0 Å². The molecule has 2 amide bonds. The van der Waals surface area contributed by atoms with E-state index in [2.05, 4.69) is 0 Å². The first kappa shape index (κ1) is 22.7. The molecule has 0 aliphatic carbocycles. The molecule has 0 aromatic heterocycles. The van der Waals surface area contributed by atoms with Crippen LogP contribution >= 0.6 is 0 Å². The van der Waals surface area contributed by atoms with Crippen LogP contribution in [0.15, 0.2) is 24.3 Å². The topological polar surface area (TPSA) is 192 Å². The van der Waals surface area contributed by atoms with E-state index in [0.29, 0.717) is 0 Å². The Morgan fingerprint density at radius 3 is 1.58 bits per heavy atom. The molecule has 0 radical (unpaired) electrons. The summed E-state index contributed by atoms with van der Waals surface area (Å²) in [5.74, 6) is -3.43. The number of rotatable bonds is 7. The lowest BCUT2D eigenvalue weighted by molar-refractivity contribution is -0.384. The van der Waals surface area contributed by atoms with E-state index >= 15 is 0 Å². The average molecular weight is 436 g/mol. The SMILES string of the molecule is COc1cc(NC(=O)C(=O)Nc2cc(OC)c(OC)cc2[N+](=O)[O-])c([N+](=O)[O-])cc1O. The minimum atomic E-state index is -1.38. The number of nitro groups is 2. The van der Waals surface area contributed by atoms with Gasteiger partial charge in [0.1, 0.15) is 11.4 Å². The number of carbonyl (C=O) groups is 2. The Balaban J connectivity index is 2.35. The number of methoxy groups -OCH3 is 3. The van der Waals surface area contributed by atoms with Crippen molar-refractivity contribution >= 4 is 34.6 Å². The number of carbonyl (C=O) groups excluding carboxylic acids is 2. The van der Waals surface area contributed by atoms with Crippen LogP contribution in [-0.4, -0.2) is 48.1 Å². The maximum Gasteiger partial charge on any atom is 0.314 e. The molecule has 0 atom stereocenters. The van der Waals surface area contributed by atoms with Crippen molar-refractivity contribution in [3.05, 3.63) is 44.5 Å². The van der Waals surface area contributed by atoms with Gasteiger partial charge in [0.2, 0.25) is 0 Å². The molecule has 0 aliphatic heterocycles. The number of phenolic OH excluding ortho intramolecular Hbond substituents is 1. The number of hydrogen-bond acceptors (Lipinski definition) is 10. The number of anilines is 2. The first-order chi connectivity index (χ1) is 14.6. The fourth-order valence-electron chi connectivity index (χ4n) is 2.45. The molecule has 0 bridgehead atoms. The predicted octanol–water partition coefficient (Wildman–Crippen LogP) is 1.81. The molecule has 0 spiro atoms. The van der Waals surface area contributed by atoms with Crippen molar-refractivity contribution in [1.29, 1.82) is 0 Å². The van der Waals surface area contributed by atoms with Gasteiger partial charge in [0.05, 0.1) is 43.3 Å². The van der Waals surface area contributed by atoms with Gasteiger partial charge in [-0.05, 0) is 0 Å². The van der Waals surface area contributed by atoms with Crippen LogP contribution in [0.5, 0.6) is 23.0 Å². The van der Waals surface area contributed by atoms with Crippen molar-refractivity contribution in [1.82, 2.24) is 0 Å². The molecule has 14 nitrogen and oxygen atoms in total. The summed E-state index contributed by atoms with van der Waals surface area (Å²) in [6, 6.07) is 3.74. The number of benzene rings is 2. The highest BCUT2D eigenvalue weighted by atomic mass is 16.6. The van der Waals surface area contributed by atoms with E-state index in [1.165, 1.54) is 21.3 Å². The van der Waals surface area contributed by atoms with Crippen molar-refractivity contribution in [2.75, 3.05) is 32.0 Å². The monoisotopic (exact) mass is 436 g/mol. The zero-order valence-corrected chi connectivity index (χ0v) is 16.3. The van der Waals surface area contributed by atoms with E-state index in [0.717, 1.165) is 24.3 Å².